The summed E-state index contributed by atoms with van der Waals surface area (Å²) < 4.78 is 0. The number of carbonyl (C=O) groups is 2. The van der Waals surface area contributed by atoms with E-state index in [1.54, 1.807) is 24.4 Å². The third-order valence-electron chi connectivity index (χ3n) is 2.65. The molecule has 0 radical (unpaired) electrons. The average Bonchev–Trinajstić information content (AvgIpc) is 2.37. The first-order valence-corrected chi connectivity index (χ1v) is 5.66. The van der Waals surface area contributed by atoms with E-state index in [1.807, 2.05) is 0 Å². The Morgan fingerprint density at radius 1 is 1.21 bits per heavy atom. The SMILES string of the molecule is O=C(O)CCNc1nccc2cccc(C(=O)O)c12. The number of anilines is 1. The number of benzene rings is 1. The van der Waals surface area contributed by atoms with Gasteiger partial charge in [-0.2, -0.15) is 0 Å². The number of rotatable bonds is 5. The van der Waals surface area contributed by atoms with Gasteiger partial charge in [-0.3, -0.25) is 4.79 Å². The molecule has 0 atom stereocenters. The van der Waals surface area contributed by atoms with E-state index in [0.29, 0.717) is 11.2 Å². The zero-order valence-corrected chi connectivity index (χ0v) is 9.96. The molecule has 0 amide bonds. The minimum Gasteiger partial charge on any atom is -0.481 e. The van der Waals surface area contributed by atoms with Gasteiger partial charge in [-0.25, -0.2) is 9.78 Å². The van der Waals surface area contributed by atoms with Gasteiger partial charge >= 0.3 is 11.9 Å². The molecule has 6 heteroatoms. The summed E-state index contributed by atoms with van der Waals surface area (Å²) in [5.41, 5.74) is 0.142. The molecule has 1 heterocycles. The van der Waals surface area contributed by atoms with Crippen molar-refractivity contribution in [3.05, 3.63) is 36.0 Å². The minimum absolute atomic E-state index is 0.0622. The van der Waals surface area contributed by atoms with Crippen LogP contribution in [0, 0.1) is 0 Å². The predicted octanol–water partition coefficient (Wildman–Crippen LogP) is 1.82. The summed E-state index contributed by atoms with van der Waals surface area (Å²) in [6.07, 6.45) is 1.49. The second-order valence-corrected chi connectivity index (χ2v) is 3.94. The van der Waals surface area contributed by atoms with Gasteiger partial charge in [0, 0.05) is 18.1 Å². The highest BCUT2D eigenvalue weighted by Gasteiger charge is 2.12. The normalized spacial score (nSPS) is 10.3. The first kappa shape index (κ1) is 12.8. The van der Waals surface area contributed by atoms with Gasteiger partial charge in [0.2, 0.25) is 0 Å². The highest BCUT2D eigenvalue weighted by atomic mass is 16.4. The number of aromatic carboxylic acids is 1. The molecule has 0 aliphatic carbocycles. The van der Waals surface area contributed by atoms with Crippen molar-refractivity contribution in [2.45, 2.75) is 6.42 Å². The maximum absolute atomic E-state index is 11.2. The van der Waals surface area contributed by atoms with E-state index >= 15 is 0 Å². The first-order valence-electron chi connectivity index (χ1n) is 5.66. The van der Waals surface area contributed by atoms with Crippen molar-refractivity contribution in [3.63, 3.8) is 0 Å². The van der Waals surface area contributed by atoms with Crippen LogP contribution in [0.3, 0.4) is 0 Å². The molecule has 0 aliphatic rings. The van der Waals surface area contributed by atoms with E-state index in [1.165, 1.54) is 6.07 Å². The molecule has 0 spiro atoms. The second kappa shape index (κ2) is 5.34. The Labute approximate surface area is 108 Å². The van der Waals surface area contributed by atoms with Gasteiger partial charge in [0.15, 0.2) is 0 Å². The van der Waals surface area contributed by atoms with Crippen molar-refractivity contribution in [3.8, 4) is 0 Å². The molecule has 0 saturated carbocycles. The van der Waals surface area contributed by atoms with Crippen LogP contribution in [0.15, 0.2) is 30.5 Å². The van der Waals surface area contributed by atoms with E-state index in [-0.39, 0.29) is 18.5 Å². The number of hydrogen-bond donors (Lipinski definition) is 3. The lowest BCUT2D eigenvalue weighted by Gasteiger charge is -2.09. The lowest BCUT2D eigenvalue weighted by Crippen LogP contribution is -2.10. The molecule has 3 N–H and O–H groups in total. The third kappa shape index (κ3) is 2.79. The van der Waals surface area contributed by atoms with Gasteiger partial charge in [0.1, 0.15) is 5.82 Å². The van der Waals surface area contributed by atoms with Crippen LogP contribution in [0.4, 0.5) is 5.82 Å². The van der Waals surface area contributed by atoms with Gasteiger partial charge in [-0.05, 0) is 17.5 Å². The Kier molecular flexibility index (Phi) is 3.61. The third-order valence-corrected chi connectivity index (χ3v) is 2.65. The van der Waals surface area contributed by atoms with Crippen LogP contribution in [-0.2, 0) is 4.79 Å². The zero-order chi connectivity index (χ0) is 13.8. The summed E-state index contributed by atoms with van der Waals surface area (Å²) in [4.78, 5) is 25.8. The van der Waals surface area contributed by atoms with Crippen LogP contribution < -0.4 is 5.32 Å². The molecular weight excluding hydrogens is 248 g/mol. The fraction of sp³-hybridized carbons (Fsp3) is 0.154. The number of hydrogen-bond acceptors (Lipinski definition) is 4. The quantitative estimate of drug-likeness (QED) is 0.758. The van der Waals surface area contributed by atoms with Gasteiger partial charge < -0.3 is 15.5 Å². The lowest BCUT2D eigenvalue weighted by atomic mass is 10.1. The summed E-state index contributed by atoms with van der Waals surface area (Å²) >= 11 is 0. The highest BCUT2D eigenvalue weighted by Crippen LogP contribution is 2.25. The van der Waals surface area contributed by atoms with Crippen molar-refractivity contribution in [1.82, 2.24) is 4.98 Å². The number of nitrogens with one attached hydrogen (secondary N) is 1. The molecule has 2 aromatic rings. The molecule has 98 valence electrons. The summed E-state index contributed by atoms with van der Waals surface area (Å²) in [7, 11) is 0. The van der Waals surface area contributed by atoms with Crippen LogP contribution in [0.2, 0.25) is 0 Å². The molecule has 1 aromatic carbocycles. The van der Waals surface area contributed by atoms with Gasteiger partial charge in [0.05, 0.1) is 12.0 Å². The van der Waals surface area contributed by atoms with Crippen LogP contribution in [0.1, 0.15) is 16.8 Å². The summed E-state index contributed by atoms with van der Waals surface area (Å²) in [5.74, 6) is -1.58. The topological polar surface area (TPSA) is 99.5 Å². The molecule has 0 bridgehead atoms. The maximum Gasteiger partial charge on any atom is 0.336 e. The number of fused-ring (bicyclic) bond motifs is 1. The van der Waals surface area contributed by atoms with Crippen LogP contribution >= 0.6 is 0 Å². The molecule has 6 nitrogen and oxygen atoms in total. The Morgan fingerprint density at radius 2 is 2.00 bits per heavy atom. The summed E-state index contributed by atoms with van der Waals surface area (Å²) in [6, 6.07) is 6.65. The Bertz CT molecular complexity index is 634. The van der Waals surface area contributed by atoms with E-state index in [0.717, 1.165) is 5.39 Å². The molecule has 19 heavy (non-hydrogen) atoms. The molecular formula is C13H12N2O4. The first-order chi connectivity index (χ1) is 9.09. The van der Waals surface area contributed by atoms with E-state index in [2.05, 4.69) is 10.3 Å². The fourth-order valence-electron chi connectivity index (χ4n) is 1.83. The van der Waals surface area contributed by atoms with E-state index in [9.17, 15) is 14.7 Å². The number of carboxylic acids is 2. The molecule has 0 fully saturated rings. The number of aliphatic carboxylic acids is 1. The van der Waals surface area contributed by atoms with Crippen molar-refractivity contribution in [1.29, 1.82) is 0 Å². The lowest BCUT2D eigenvalue weighted by molar-refractivity contribution is -0.136. The Balaban J connectivity index is 2.42. The standard InChI is InChI=1S/C13H12N2O4/c16-10(17)5-7-15-12-11-8(4-6-14-12)2-1-3-9(11)13(18)19/h1-4,6H,5,7H2,(H,14,15)(H,16,17)(H,18,19). The molecule has 0 aliphatic heterocycles. The number of pyridine rings is 1. The molecule has 1 aromatic heterocycles. The van der Waals surface area contributed by atoms with Crippen molar-refractivity contribution >= 4 is 28.5 Å². The Hall–Kier alpha value is -2.63. The van der Waals surface area contributed by atoms with Crippen molar-refractivity contribution in [2.24, 2.45) is 0 Å². The van der Waals surface area contributed by atoms with Crippen molar-refractivity contribution < 1.29 is 19.8 Å². The molecule has 0 saturated heterocycles. The van der Waals surface area contributed by atoms with Gasteiger partial charge in [0.25, 0.3) is 0 Å². The average molecular weight is 260 g/mol. The van der Waals surface area contributed by atoms with Crippen LogP contribution in [-0.4, -0.2) is 33.7 Å². The van der Waals surface area contributed by atoms with Gasteiger partial charge in [-0.1, -0.05) is 12.1 Å². The van der Waals surface area contributed by atoms with E-state index < -0.39 is 11.9 Å². The Morgan fingerprint density at radius 3 is 2.68 bits per heavy atom. The zero-order valence-electron chi connectivity index (χ0n) is 9.96. The number of nitrogens with zero attached hydrogens (tertiary/aromatic N) is 1. The summed E-state index contributed by atoms with van der Waals surface area (Å²) in [5, 5.41) is 21.9. The fourth-order valence-corrected chi connectivity index (χ4v) is 1.83. The smallest absolute Gasteiger partial charge is 0.336 e. The minimum atomic E-state index is -1.04. The monoisotopic (exact) mass is 260 g/mol. The largest absolute Gasteiger partial charge is 0.481 e. The highest BCUT2D eigenvalue weighted by molar-refractivity contribution is 6.08. The van der Waals surface area contributed by atoms with Crippen LogP contribution in [0.5, 0.6) is 0 Å². The maximum atomic E-state index is 11.2. The molecule has 2 rings (SSSR count). The summed E-state index contributed by atoms with van der Waals surface area (Å²) in [6.45, 7) is 0.190. The predicted molar refractivity (Wildman–Crippen MR) is 69.4 cm³/mol. The molecule has 0 unspecified atom stereocenters. The number of aromatic nitrogens is 1. The van der Waals surface area contributed by atoms with E-state index in [4.69, 9.17) is 5.11 Å². The van der Waals surface area contributed by atoms with Gasteiger partial charge in [-0.15, -0.1) is 0 Å². The van der Waals surface area contributed by atoms with Crippen molar-refractivity contribution in [2.75, 3.05) is 11.9 Å². The second-order valence-electron chi connectivity index (χ2n) is 3.94. The van der Waals surface area contributed by atoms with Crippen LogP contribution in [0.25, 0.3) is 10.8 Å². The number of carboxylic acid groups (broad SMARTS) is 2.